The maximum atomic E-state index is 11.7. The number of ether oxygens (including phenoxy) is 1. The highest BCUT2D eigenvalue weighted by molar-refractivity contribution is 7.47. The van der Waals surface area contributed by atoms with Crippen LogP contribution in [-0.2, 0) is 32.7 Å². The van der Waals surface area contributed by atoms with E-state index in [4.69, 9.17) is 5.11 Å². The van der Waals surface area contributed by atoms with Crippen LogP contribution in [0.1, 0.15) is 46.0 Å². The fourth-order valence-electron chi connectivity index (χ4n) is 1.80. The van der Waals surface area contributed by atoms with Crippen LogP contribution in [0.25, 0.3) is 0 Å². The van der Waals surface area contributed by atoms with Crippen LogP contribution in [0.2, 0.25) is 0 Å². The largest absolute Gasteiger partial charge is 0.480 e. The van der Waals surface area contributed by atoms with Crippen LogP contribution in [0.15, 0.2) is 0 Å². The van der Waals surface area contributed by atoms with Crippen LogP contribution in [0, 0.1) is 0 Å². The number of phosphoric acid groups is 1. The van der Waals surface area contributed by atoms with E-state index in [0.717, 1.165) is 26.2 Å². The molecule has 0 aromatic carbocycles. The number of esters is 1. The molecule has 0 heterocycles. The van der Waals surface area contributed by atoms with Gasteiger partial charge in [0.2, 0.25) is 5.91 Å². The first kappa shape index (κ1) is 25.5. The van der Waals surface area contributed by atoms with Gasteiger partial charge >= 0.3 is 19.8 Å². The van der Waals surface area contributed by atoms with Gasteiger partial charge in [-0.3, -0.25) is 18.6 Å². The van der Waals surface area contributed by atoms with E-state index < -0.39 is 57.6 Å². The number of carboxylic acid groups (broad SMARTS) is 1. The Bertz CT molecular complexity index is 527. The van der Waals surface area contributed by atoms with Crippen molar-refractivity contribution < 1.29 is 47.8 Å². The lowest BCUT2D eigenvalue weighted by Crippen LogP contribution is -2.43. The minimum atomic E-state index is -4.68. The van der Waals surface area contributed by atoms with Crippen molar-refractivity contribution in [1.82, 2.24) is 5.32 Å². The molecule has 0 aliphatic heterocycles. The normalized spacial score (nSPS) is 15.4. The number of rotatable bonds is 15. The van der Waals surface area contributed by atoms with Crippen molar-refractivity contribution in [2.45, 2.75) is 58.1 Å². The predicted molar refractivity (Wildman–Crippen MR) is 92.7 cm³/mol. The Balaban J connectivity index is 4.33. The van der Waals surface area contributed by atoms with Gasteiger partial charge in [0, 0.05) is 13.3 Å². The molecular weight excluding hydrogens is 385 g/mol. The Morgan fingerprint density at radius 2 is 1.70 bits per heavy atom. The van der Waals surface area contributed by atoms with Crippen molar-refractivity contribution in [3.8, 4) is 0 Å². The van der Waals surface area contributed by atoms with E-state index in [2.05, 4.69) is 19.1 Å². The van der Waals surface area contributed by atoms with E-state index in [1.54, 1.807) is 0 Å². The van der Waals surface area contributed by atoms with Gasteiger partial charge in [-0.2, -0.15) is 0 Å². The van der Waals surface area contributed by atoms with Crippen LogP contribution < -0.4 is 5.32 Å². The number of carbonyl (C=O) groups is 3. The summed E-state index contributed by atoms with van der Waals surface area (Å²) >= 11 is 0. The lowest BCUT2D eigenvalue weighted by Gasteiger charge is -2.18. The van der Waals surface area contributed by atoms with Gasteiger partial charge in [0.15, 0.2) is 6.04 Å². The number of carbonyl (C=O) groups excluding carboxylic acids is 2. The van der Waals surface area contributed by atoms with Crippen LogP contribution in [0.3, 0.4) is 0 Å². The van der Waals surface area contributed by atoms with E-state index in [1.165, 1.54) is 0 Å². The third kappa shape index (κ3) is 14.2. The topological polar surface area (TPSA) is 169 Å². The van der Waals surface area contributed by atoms with E-state index >= 15 is 0 Å². The molecule has 1 amide bonds. The van der Waals surface area contributed by atoms with Crippen molar-refractivity contribution in [3.63, 3.8) is 0 Å². The van der Waals surface area contributed by atoms with Crippen molar-refractivity contribution in [1.29, 1.82) is 0 Å². The van der Waals surface area contributed by atoms with Crippen molar-refractivity contribution in [2.75, 3.05) is 19.8 Å². The Kier molecular flexibility index (Phi) is 12.9. The number of aliphatic carboxylic acids is 1. The number of hydrogen-bond acceptors (Lipinski definition) is 8. The SMILES string of the molecule is CCCCCCC(=O)NC(COP(=O)(O)OCC(O)COC(C)=O)C(=O)O. The number of aliphatic hydroxyl groups is 1. The number of nitrogens with one attached hydrogen (secondary N) is 1. The Hall–Kier alpha value is -1.52. The van der Waals surface area contributed by atoms with Crippen molar-refractivity contribution in [3.05, 3.63) is 0 Å². The molecule has 3 unspecified atom stereocenters. The van der Waals surface area contributed by atoms with Gasteiger partial charge in [-0.1, -0.05) is 26.2 Å². The van der Waals surface area contributed by atoms with Crippen molar-refractivity contribution >= 4 is 25.7 Å². The molecule has 0 fully saturated rings. The molecule has 0 aromatic rings. The van der Waals surface area contributed by atoms with Gasteiger partial charge in [0.05, 0.1) is 13.2 Å². The second kappa shape index (κ2) is 13.6. The molecule has 0 saturated heterocycles. The smallest absolute Gasteiger partial charge is 0.472 e. The van der Waals surface area contributed by atoms with Gasteiger partial charge < -0.3 is 25.2 Å². The molecule has 0 bridgehead atoms. The van der Waals surface area contributed by atoms with Gasteiger partial charge in [-0.15, -0.1) is 0 Å². The van der Waals surface area contributed by atoms with E-state index in [0.29, 0.717) is 6.42 Å². The summed E-state index contributed by atoms with van der Waals surface area (Å²) in [6, 6.07) is -1.53. The molecule has 0 radical (unpaired) electrons. The van der Waals surface area contributed by atoms with Gasteiger partial charge in [0.25, 0.3) is 0 Å². The lowest BCUT2D eigenvalue weighted by atomic mass is 10.1. The third-order valence-electron chi connectivity index (χ3n) is 3.20. The second-order valence-corrected chi connectivity index (χ2v) is 7.24. The summed E-state index contributed by atoms with van der Waals surface area (Å²) in [5.41, 5.74) is 0. The highest BCUT2D eigenvalue weighted by atomic mass is 31.2. The Labute approximate surface area is 157 Å². The third-order valence-corrected chi connectivity index (χ3v) is 4.15. The highest BCUT2D eigenvalue weighted by Gasteiger charge is 2.28. The standard InChI is InChI=1S/C15H28NO10P/c1-3-4-5-6-7-14(19)16-13(15(20)21)10-26-27(22,23)25-9-12(18)8-24-11(2)17/h12-13,18H,3-10H2,1-2H3,(H,16,19)(H,20,21)(H,22,23). The molecule has 3 atom stereocenters. The maximum absolute atomic E-state index is 11.7. The number of carboxylic acids is 1. The van der Waals surface area contributed by atoms with E-state index in [1.807, 2.05) is 6.92 Å². The minimum absolute atomic E-state index is 0.138. The Morgan fingerprint density at radius 3 is 2.26 bits per heavy atom. The minimum Gasteiger partial charge on any atom is -0.480 e. The quantitative estimate of drug-likeness (QED) is 0.169. The molecule has 12 heteroatoms. The number of aliphatic hydroxyl groups excluding tert-OH is 1. The maximum Gasteiger partial charge on any atom is 0.472 e. The van der Waals surface area contributed by atoms with Crippen LogP contribution in [0.5, 0.6) is 0 Å². The Morgan fingerprint density at radius 1 is 1.07 bits per heavy atom. The summed E-state index contributed by atoms with van der Waals surface area (Å²) in [5, 5.41) is 20.7. The number of amides is 1. The van der Waals surface area contributed by atoms with Crippen LogP contribution in [0.4, 0.5) is 0 Å². The van der Waals surface area contributed by atoms with E-state index in [9.17, 15) is 28.9 Å². The molecule has 0 saturated carbocycles. The van der Waals surface area contributed by atoms with Crippen molar-refractivity contribution in [2.24, 2.45) is 0 Å². The average Bonchev–Trinajstić information content (AvgIpc) is 2.58. The molecule has 27 heavy (non-hydrogen) atoms. The summed E-state index contributed by atoms with van der Waals surface area (Å²) in [6.45, 7) is 1.22. The number of hydrogen-bond donors (Lipinski definition) is 4. The summed E-state index contributed by atoms with van der Waals surface area (Å²) in [7, 11) is -4.68. The summed E-state index contributed by atoms with van der Waals surface area (Å²) in [5.74, 6) is -2.59. The zero-order chi connectivity index (χ0) is 20.9. The van der Waals surface area contributed by atoms with E-state index in [-0.39, 0.29) is 6.42 Å². The summed E-state index contributed by atoms with van der Waals surface area (Å²) in [4.78, 5) is 42.9. The molecular formula is C15H28NO10P. The molecule has 0 aliphatic rings. The van der Waals surface area contributed by atoms with Crippen LogP contribution >= 0.6 is 7.82 Å². The molecule has 0 aromatic heterocycles. The first-order valence-electron chi connectivity index (χ1n) is 8.52. The first-order valence-corrected chi connectivity index (χ1v) is 10.0. The molecule has 0 spiro atoms. The zero-order valence-corrected chi connectivity index (χ0v) is 16.4. The molecule has 11 nitrogen and oxygen atoms in total. The number of unbranched alkanes of at least 4 members (excludes halogenated alkanes) is 3. The highest BCUT2D eigenvalue weighted by Crippen LogP contribution is 2.43. The molecule has 0 aliphatic carbocycles. The summed E-state index contributed by atoms with van der Waals surface area (Å²) < 4.78 is 25.2. The molecule has 0 rings (SSSR count). The van der Waals surface area contributed by atoms with Gasteiger partial charge in [-0.05, 0) is 6.42 Å². The van der Waals surface area contributed by atoms with Crippen LogP contribution in [-0.4, -0.2) is 64.9 Å². The summed E-state index contributed by atoms with van der Waals surface area (Å²) in [6.07, 6.45) is 2.18. The second-order valence-electron chi connectivity index (χ2n) is 5.79. The molecule has 158 valence electrons. The fourth-order valence-corrected chi connectivity index (χ4v) is 2.57. The average molecular weight is 413 g/mol. The predicted octanol–water partition coefficient (Wildman–Crippen LogP) is 0.584. The zero-order valence-electron chi connectivity index (χ0n) is 15.5. The molecule has 4 N–H and O–H groups in total. The number of phosphoric ester groups is 1. The fraction of sp³-hybridized carbons (Fsp3) is 0.800. The van der Waals surface area contributed by atoms with Gasteiger partial charge in [-0.25, -0.2) is 9.36 Å². The monoisotopic (exact) mass is 413 g/mol. The lowest BCUT2D eigenvalue weighted by molar-refractivity contribution is -0.144. The van der Waals surface area contributed by atoms with Gasteiger partial charge in [0.1, 0.15) is 12.7 Å². The first-order chi connectivity index (χ1) is 12.6.